The molecule has 1 aliphatic heterocycles. The van der Waals surface area contributed by atoms with Crippen molar-refractivity contribution in [3.8, 4) is 17.2 Å². The number of amides is 1. The van der Waals surface area contributed by atoms with Crippen molar-refractivity contribution < 1.29 is 19.1 Å². The Balaban J connectivity index is 1.33. The Labute approximate surface area is 242 Å². The van der Waals surface area contributed by atoms with Crippen molar-refractivity contribution in [3.63, 3.8) is 0 Å². The number of benzene rings is 2. The zero-order valence-corrected chi connectivity index (χ0v) is 25.3. The number of carbonyl (C=O) groups is 2. The fourth-order valence-corrected chi connectivity index (χ4v) is 5.51. The summed E-state index contributed by atoms with van der Waals surface area (Å²) in [6.45, 7) is 5.65. The normalized spacial score (nSPS) is 12.0. The van der Waals surface area contributed by atoms with E-state index in [1.165, 1.54) is 103 Å². The van der Waals surface area contributed by atoms with E-state index in [4.69, 9.17) is 9.47 Å². The van der Waals surface area contributed by atoms with Gasteiger partial charge in [-0.05, 0) is 43.2 Å². The van der Waals surface area contributed by atoms with Gasteiger partial charge in [0, 0.05) is 19.4 Å². The smallest absolute Gasteiger partial charge is 0.308 e. The third-order valence-corrected chi connectivity index (χ3v) is 7.75. The van der Waals surface area contributed by atoms with Crippen LogP contribution in [0, 0.1) is 6.92 Å². The van der Waals surface area contributed by atoms with Crippen molar-refractivity contribution in [3.05, 3.63) is 42.0 Å². The molecule has 1 aliphatic rings. The second kappa shape index (κ2) is 17.8. The van der Waals surface area contributed by atoms with Gasteiger partial charge in [-0.15, -0.1) is 0 Å². The van der Waals surface area contributed by atoms with Crippen LogP contribution in [0.5, 0.6) is 17.2 Å². The van der Waals surface area contributed by atoms with Crippen LogP contribution in [0.25, 0.3) is 0 Å². The maximum Gasteiger partial charge on any atom is 0.308 e. The van der Waals surface area contributed by atoms with Crippen molar-refractivity contribution in [2.45, 2.75) is 136 Å². The Morgan fingerprint density at radius 1 is 0.675 bits per heavy atom. The maximum absolute atomic E-state index is 13.4. The van der Waals surface area contributed by atoms with Crippen molar-refractivity contribution in [1.82, 2.24) is 0 Å². The molecule has 0 bridgehead atoms. The van der Waals surface area contributed by atoms with Gasteiger partial charge in [0.2, 0.25) is 5.91 Å². The molecule has 0 unspecified atom stereocenters. The summed E-state index contributed by atoms with van der Waals surface area (Å²) in [7, 11) is 0. The van der Waals surface area contributed by atoms with Gasteiger partial charge in [0.1, 0.15) is 5.75 Å². The number of esters is 1. The number of rotatable bonds is 19. The molecule has 5 heteroatoms. The van der Waals surface area contributed by atoms with E-state index in [-0.39, 0.29) is 5.91 Å². The van der Waals surface area contributed by atoms with Crippen LogP contribution in [0.3, 0.4) is 0 Å². The van der Waals surface area contributed by atoms with E-state index in [1.54, 1.807) is 23.1 Å². The number of aryl methyl sites for hydroxylation is 1. The Hall–Kier alpha value is -2.82. The standard InChI is InChI=1S/C35H51NO4/c1-4-5-6-7-8-9-10-11-12-13-14-15-16-17-18-19-20-21-35(38)36-31-24-22-28(2)26-33(31)40-34-27-30(39-29(3)37)23-25-32(34)36/h22-27H,4-21H2,1-3H3. The first-order valence-electron chi connectivity index (χ1n) is 15.9. The molecule has 0 saturated heterocycles. The third kappa shape index (κ3) is 10.6. The monoisotopic (exact) mass is 549 g/mol. The molecule has 1 amide bonds. The summed E-state index contributed by atoms with van der Waals surface area (Å²) in [5.74, 6) is 1.24. The molecule has 1 heterocycles. The first-order chi connectivity index (χ1) is 19.5. The maximum atomic E-state index is 13.4. The summed E-state index contributed by atoms with van der Waals surface area (Å²) in [6.07, 6.45) is 23.0. The van der Waals surface area contributed by atoms with Crippen LogP contribution < -0.4 is 14.4 Å². The zero-order valence-electron chi connectivity index (χ0n) is 25.3. The van der Waals surface area contributed by atoms with E-state index in [0.717, 1.165) is 24.1 Å². The number of carbonyl (C=O) groups excluding carboxylic acids is 2. The lowest BCUT2D eigenvalue weighted by Gasteiger charge is -2.31. The summed E-state index contributed by atoms with van der Waals surface area (Å²) in [5, 5.41) is 0. The lowest BCUT2D eigenvalue weighted by molar-refractivity contribution is -0.131. The predicted octanol–water partition coefficient (Wildman–Crippen LogP) is 10.7. The van der Waals surface area contributed by atoms with E-state index in [2.05, 4.69) is 6.92 Å². The van der Waals surface area contributed by atoms with E-state index in [1.807, 2.05) is 25.1 Å². The highest BCUT2D eigenvalue weighted by Crippen LogP contribution is 2.48. The third-order valence-electron chi connectivity index (χ3n) is 7.75. The van der Waals surface area contributed by atoms with Crippen LogP contribution in [-0.4, -0.2) is 11.9 Å². The quantitative estimate of drug-likeness (QED) is 0.0993. The minimum atomic E-state index is -0.390. The molecule has 0 radical (unpaired) electrons. The molecule has 220 valence electrons. The summed E-state index contributed by atoms with van der Waals surface area (Å²) in [5.41, 5.74) is 2.50. The molecule has 0 N–H and O–H groups in total. The summed E-state index contributed by atoms with van der Waals surface area (Å²) in [6, 6.07) is 11.1. The molecule has 2 aromatic rings. The molecule has 40 heavy (non-hydrogen) atoms. The molecule has 0 spiro atoms. The molecule has 0 saturated carbocycles. The Morgan fingerprint density at radius 3 is 1.68 bits per heavy atom. The predicted molar refractivity (Wildman–Crippen MR) is 165 cm³/mol. The van der Waals surface area contributed by atoms with Gasteiger partial charge in [-0.25, -0.2) is 0 Å². The lowest BCUT2D eigenvalue weighted by Crippen LogP contribution is -2.28. The highest BCUT2D eigenvalue weighted by Gasteiger charge is 2.29. The second-order valence-electron chi connectivity index (χ2n) is 11.4. The van der Waals surface area contributed by atoms with Gasteiger partial charge in [0.05, 0.1) is 11.4 Å². The molecule has 0 atom stereocenters. The number of unbranched alkanes of at least 4 members (excludes halogenated alkanes) is 16. The summed E-state index contributed by atoms with van der Waals surface area (Å²) < 4.78 is 11.3. The summed E-state index contributed by atoms with van der Waals surface area (Å²) >= 11 is 0. The average molecular weight is 550 g/mol. The van der Waals surface area contributed by atoms with Gasteiger partial charge in [0.15, 0.2) is 11.5 Å². The molecule has 3 rings (SSSR count). The number of fused-ring (bicyclic) bond motifs is 2. The Morgan fingerprint density at radius 2 is 1.15 bits per heavy atom. The van der Waals surface area contributed by atoms with Crippen LogP contribution in [-0.2, 0) is 9.59 Å². The number of hydrogen-bond acceptors (Lipinski definition) is 4. The molecule has 0 aliphatic carbocycles. The molecule has 0 fully saturated rings. The fourth-order valence-electron chi connectivity index (χ4n) is 5.51. The number of ether oxygens (including phenoxy) is 2. The van der Waals surface area contributed by atoms with Gasteiger partial charge in [-0.1, -0.05) is 116 Å². The zero-order chi connectivity index (χ0) is 28.6. The lowest BCUT2D eigenvalue weighted by atomic mass is 10.0. The van der Waals surface area contributed by atoms with Crippen molar-refractivity contribution >= 4 is 23.3 Å². The molecule has 5 nitrogen and oxygen atoms in total. The van der Waals surface area contributed by atoms with Gasteiger partial charge < -0.3 is 9.47 Å². The van der Waals surface area contributed by atoms with Gasteiger partial charge in [-0.2, -0.15) is 0 Å². The summed E-state index contributed by atoms with van der Waals surface area (Å²) in [4.78, 5) is 26.6. The van der Waals surface area contributed by atoms with Crippen LogP contribution >= 0.6 is 0 Å². The van der Waals surface area contributed by atoms with E-state index < -0.39 is 5.97 Å². The average Bonchev–Trinajstić information content (AvgIpc) is 2.92. The molecular weight excluding hydrogens is 498 g/mol. The van der Waals surface area contributed by atoms with Crippen LogP contribution in [0.1, 0.15) is 135 Å². The Bertz CT molecular complexity index is 1060. The van der Waals surface area contributed by atoms with E-state index >= 15 is 0 Å². The largest absolute Gasteiger partial charge is 0.453 e. The van der Waals surface area contributed by atoms with Gasteiger partial charge in [-0.3, -0.25) is 14.5 Å². The highest BCUT2D eigenvalue weighted by molar-refractivity contribution is 6.04. The Kier molecular flexibility index (Phi) is 14.1. The second-order valence-corrected chi connectivity index (χ2v) is 11.4. The number of anilines is 2. The minimum absolute atomic E-state index is 0.0656. The van der Waals surface area contributed by atoms with Gasteiger partial charge >= 0.3 is 5.97 Å². The topological polar surface area (TPSA) is 55.8 Å². The molecule has 2 aromatic carbocycles. The first kappa shape index (κ1) is 31.7. The van der Waals surface area contributed by atoms with Crippen LogP contribution in [0.15, 0.2) is 36.4 Å². The highest BCUT2D eigenvalue weighted by atomic mass is 16.5. The fraction of sp³-hybridized carbons (Fsp3) is 0.600. The minimum Gasteiger partial charge on any atom is -0.453 e. The van der Waals surface area contributed by atoms with Crippen molar-refractivity contribution in [1.29, 1.82) is 0 Å². The molecular formula is C35H51NO4. The van der Waals surface area contributed by atoms with E-state index in [0.29, 0.717) is 29.4 Å². The van der Waals surface area contributed by atoms with Crippen molar-refractivity contribution in [2.24, 2.45) is 0 Å². The van der Waals surface area contributed by atoms with E-state index in [9.17, 15) is 9.59 Å². The first-order valence-corrected chi connectivity index (χ1v) is 15.9. The SMILES string of the molecule is CCCCCCCCCCCCCCCCCCCC(=O)N1c2ccc(C)cc2Oc2cc(OC(C)=O)ccc21. The van der Waals surface area contributed by atoms with Gasteiger partial charge in [0.25, 0.3) is 0 Å². The molecule has 0 aromatic heterocycles. The van der Waals surface area contributed by atoms with Crippen LogP contribution in [0.4, 0.5) is 11.4 Å². The number of hydrogen-bond donors (Lipinski definition) is 0. The van der Waals surface area contributed by atoms with Crippen molar-refractivity contribution in [2.75, 3.05) is 4.90 Å². The number of nitrogens with zero attached hydrogens (tertiary/aromatic N) is 1. The van der Waals surface area contributed by atoms with Crippen LogP contribution in [0.2, 0.25) is 0 Å².